The smallest absolute Gasteiger partial charge is 0.227 e. The molecular weight excluding hydrogens is 340 g/mol. The van der Waals surface area contributed by atoms with Crippen LogP contribution >= 0.6 is 0 Å². The predicted molar refractivity (Wildman–Crippen MR) is 109 cm³/mol. The Bertz CT molecular complexity index is 624. The molecule has 1 heterocycles. The normalized spacial score (nSPS) is 18.3. The fourth-order valence-electron chi connectivity index (χ4n) is 3.71. The van der Waals surface area contributed by atoms with Crippen LogP contribution in [0.3, 0.4) is 0 Å². The van der Waals surface area contributed by atoms with Crippen molar-refractivity contribution >= 4 is 17.6 Å². The zero-order valence-electron chi connectivity index (χ0n) is 16.4. The Labute approximate surface area is 162 Å². The van der Waals surface area contributed by atoms with E-state index in [1.807, 2.05) is 17.0 Å². The lowest BCUT2D eigenvalue weighted by atomic mass is 10.2. The van der Waals surface area contributed by atoms with Gasteiger partial charge in [0.1, 0.15) is 0 Å². The molecule has 2 aliphatic rings. The number of ether oxygens (including phenoxy) is 1. The van der Waals surface area contributed by atoms with Crippen LogP contribution in [-0.4, -0.2) is 44.7 Å². The van der Waals surface area contributed by atoms with E-state index in [4.69, 9.17) is 4.74 Å². The first-order chi connectivity index (χ1) is 13.3. The van der Waals surface area contributed by atoms with Gasteiger partial charge in [0, 0.05) is 45.4 Å². The predicted octanol–water partition coefficient (Wildman–Crippen LogP) is 2.83. The number of hydrogen-bond acceptors (Lipinski definition) is 3. The van der Waals surface area contributed by atoms with Gasteiger partial charge in [0.2, 0.25) is 5.91 Å². The minimum atomic E-state index is 0.224. The molecule has 1 aliphatic carbocycles. The molecule has 1 aliphatic heterocycles. The van der Waals surface area contributed by atoms with Crippen LogP contribution in [-0.2, 0) is 16.1 Å². The van der Waals surface area contributed by atoms with Crippen LogP contribution in [0.25, 0.3) is 0 Å². The van der Waals surface area contributed by atoms with Crippen LogP contribution in [0.4, 0.5) is 5.69 Å². The molecule has 1 saturated heterocycles. The van der Waals surface area contributed by atoms with Crippen LogP contribution in [0.1, 0.15) is 50.5 Å². The van der Waals surface area contributed by atoms with Crippen LogP contribution in [0, 0.1) is 0 Å². The third-order valence-electron chi connectivity index (χ3n) is 5.27. The Morgan fingerprint density at radius 3 is 2.63 bits per heavy atom. The number of nitrogens with one attached hydrogen (secondary N) is 2. The van der Waals surface area contributed by atoms with E-state index in [0.29, 0.717) is 19.1 Å². The molecule has 27 heavy (non-hydrogen) atoms. The minimum Gasteiger partial charge on any atom is -0.378 e. The van der Waals surface area contributed by atoms with Crippen molar-refractivity contribution in [2.24, 2.45) is 4.99 Å². The van der Waals surface area contributed by atoms with Gasteiger partial charge in [0.15, 0.2) is 5.96 Å². The van der Waals surface area contributed by atoms with E-state index in [0.717, 1.165) is 49.7 Å². The average Bonchev–Trinajstić information content (AvgIpc) is 3.36. The van der Waals surface area contributed by atoms with E-state index in [-0.39, 0.29) is 5.91 Å². The van der Waals surface area contributed by atoms with E-state index >= 15 is 0 Å². The number of amides is 1. The Morgan fingerprint density at radius 2 is 1.96 bits per heavy atom. The number of benzene rings is 1. The molecule has 0 atom stereocenters. The SMILES string of the molecule is CN=C(NCCCOC1CCCC1)NCc1ccc(N2CCCC2=O)cc1. The molecule has 6 heteroatoms. The number of nitrogens with zero attached hydrogens (tertiary/aromatic N) is 2. The van der Waals surface area contributed by atoms with Crippen molar-refractivity contribution in [2.45, 2.75) is 57.6 Å². The van der Waals surface area contributed by atoms with Crippen molar-refractivity contribution < 1.29 is 9.53 Å². The third kappa shape index (κ3) is 5.96. The summed E-state index contributed by atoms with van der Waals surface area (Å²) in [7, 11) is 1.78. The van der Waals surface area contributed by atoms with Crippen LogP contribution in [0.5, 0.6) is 0 Å². The molecule has 1 amide bonds. The Morgan fingerprint density at radius 1 is 1.19 bits per heavy atom. The van der Waals surface area contributed by atoms with E-state index in [2.05, 4.69) is 27.8 Å². The highest BCUT2D eigenvalue weighted by Crippen LogP contribution is 2.22. The molecule has 3 rings (SSSR count). The summed E-state index contributed by atoms with van der Waals surface area (Å²) in [6.07, 6.45) is 8.16. The first-order valence-corrected chi connectivity index (χ1v) is 10.2. The summed E-state index contributed by atoms with van der Waals surface area (Å²) < 4.78 is 5.88. The lowest BCUT2D eigenvalue weighted by Gasteiger charge is -2.16. The lowest BCUT2D eigenvalue weighted by Crippen LogP contribution is -2.37. The maximum Gasteiger partial charge on any atom is 0.227 e. The van der Waals surface area contributed by atoms with Crippen molar-refractivity contribution in [2.75, 3.05) is 31.6 Å². The number of guanidine groups is 1. The molecule has 1 aromatic rings. The molecule has 2 fully saturated rings. The van der Waals surface area contributed by atoms with Gasteiger partial charge in [-0.2, -0.15) is 0 Å². The van der Waals surface area contributed by atoms with Crippen LogP contribution < -0.4 is 15.5 Å². The van der Waals surface area contributed by atoms with Crippen LogP contribution in [0.15, 0.2) is 29.3 Å². The number of anilines is 1. The molecule has 1 aromatic carbocycles. The summed E-state index contributed by atoms with van der Waals surface area (Å²) in [6.45, 7) is 3.19. The molecule has 2 N–H and O–H groups in total. The Kier molecular flexibility index (Phi) is 7.51. The van der Waals surface area contributed by atoms with Crippen molar-refractivity contribution in [3.8, 4) is 0 Å². The lowest BCUT2D eigenvalue weighted by molar-refractivity contribution is -0.117. The average molecular weight is 373 g/mol. The van der Waals surface area contributed by atoms with Crippen LogP contribution in [0.2, 0.25) is 0 Å². The zero-order chi connectivity index (χ0) is 18.9. The molecule has 0 radical (unpaired) electrons. The molecule has 1 saturated carbocycles. The maximum absolute atomic E-state index is 11.8. The third-order valence-corrected chi connectivity index (χ3v) is 5.27. The fourth-order valence-corrected chi connectivity index (χ4v) is 3.71. The Balaban J connectivity index is 1.34. The largest absolute Gasteiger partial charge is 0.378 e. The number of carbonyl (C=O) groups excluding carboxylic acids is 1. The second-order valence-electron chi connectivity index (χ2n) is 7.30. The number of hydrogen-bond donors (Lipinski definition) is 2. The number of carbonyl (C=O) groups is 1. The topological polar surface area (TPSA) is 66.0 Å². The van der Waals surface area contributed by atoms with Crippen molar-refractivity contribution in [1.29, 1.82) is 0 Å². The molecule has 0 unspecified atom stereocenters. The second-order valence-corrected chi connectivity index (χ2v) is 7.30. The fraction of sp³-hybridized carbons (Fsp3) is 0.619. The minimum absolute atomic E-state index is 0.224. The van der Waals surface area contributed by atoms with Gasteiger partial charge in [-0.05, 0) is 43.4 Å². The maximum atomic E-state index is 11.8. The van der Waals surface area contributed by atoms with Gasteiger partial charge in [-0.15, -0.1) is 0 Å². The quantitative estimate of drug-likeness (QED) is 0.418. The molecule has 0 aromatic heterocycles. The Hall–Kier alpha value is -2.08. The monoisotopic (exact) mass is 372 g/mol. The van der Waals surface area contributed by atoms with Crippen molar-refractivity contribution in [3.63, 3.8) is 0 Å². The van der Waals surface area contributed by atoms with E-state index < -0.39 is 0 Å². The molecule has 148 valence electrons. The summed E-state index contributed by atoms with van der Waals surface area (Å²) in [4.78, 5) is 18.0. The van der Waals surface area contributed by atoms with Gasteiger partial charge in [-0.3, -0.25) is 9.79 Å². The summed E-state index contributed by atoms with van der Waals surface area (Å²) in [6, 6.07) is 8.18. The summed E-state index contributed by atoms with van der Waals surface area (Å²) in [5, 5.41) is 6.67. The molecule has 6 nitrogen and oxygen atoms in total. The highest BCUT2D eigenvalue weighted by Gasteiger charge is 2.21. The van der Waals surface area contributed by atoms with Gasteiger partial charge < -0.3 is 20.3 Å². The molecule has 0 spiro atoms. The van der Waals surface area contributed by atoms with E-state index in [1.165, 1.54) is 25.7 Å². The zero-order valence-corrected chi connectivity index (χ0v) is 16.4. The van der Waals surface area contributed by atoms with Gasteiger partial charge >= 0.3 is 0 Å². The summed E-state index contributed by atoms with van der Waals surface area (Å²) >= 11 is 0. The van der Waals surface area contributed by atoms with Gasteiger partial charge in [0.25, 0.3) is 0 Å². The highest BCUT2D eigenvalue weighted by atomic mass is 16.5. The van der Waals surface area contributed by atoms with Gasteiger partial charge in [-0.25, -0.2) is 0 Å². The van der Waals surface area contributed by atoms with Gasteiger partial charge in [-0.1, -0.05) is 25.0 Å². The second kappa shape index (κ2) is 10.3. The molecular formula is C21H32N4O2. The van der Waals surface area contributed by atoms with E-state index in [1.54, 1.807) is 7.05 Å². The molecule has 0 bridgehead atoms. The van der Waals surface area contributed by atoms with Crippen molar-refractivity contribution in [1.82, 2.24) is 10.6 Å². The standard InChI is InChI=1S/C21H32N4O2/c1-22-21(23-13-5-15-27-19-6-2-3-7-19)24-16-17-9-11-18(12-10-17)25-14-4-8-20(25)26/h9-12,19H,2-8,13-16H2,1H3,(H2,22,23,24). The summed E-state index contributed by atoms with van der Waals surface area (Å²) in [5.74, 6) is 1.03. The number of aliphatic imine (C=N–C) groups is 1. The van der Waals surface area contributed by atoms with Gasteiger partial charge in [0.05, 0.1) is 6.10 Å². The van der Waals surface area contributed by atoms with E-state index in [9.17, 15) is 4.79 Å². The summed E-state index contributed by atoms with van der Waals surface area (Å²) in [5.41, 5.74) is 2.16. The highest BCUT2D eigenvalue weighted by molar-refractivity contribution is 5.95. The first kappa shape index (κ1) is 19.7. The number of rotatable bonds is 8. The van der Waals surface area contributed by atoms with Crippen molar-refractivity contribution in [3.05, 3.63) is 29.8 Å². The first-order valence-electron chi connectivity index (χ1n) is 10.2.